The summed E-state index contributed by atoms with van der Waals surface area (Å²) in [7, 11) is 0. The average molecular weight is 347 g/mol. The average Bonchev–Trinajstić information content (AvgIpc) is 2.52. The molecule has 0 fully saturated rings. The maximum Gasteiger partial charge on any atom is 0.319 e. The number of anilines is 2. The van der Waals surface area contributed by atoms with Gasteiger partial charge in [0.05, 0.1) is 11.7 Å². The number of aryl methyl sites for hydroxylation is 1. The van der Waals surface area contributed by atoms with E-state index in [-0.39, 0.29) is 17.4 Å². The number of carbonyl (C=O) groups excluding carboxylic acids is 2. The van der Waals surface area contributed by atoms with Crippen molar-refractivity contribution in [3.63, 3.8) is 0 Å². The summed E-state index contributed by atoms with van der Waals surface area (Å²) in [5.74, 6) is -1.31. The molecule has 0 aliphatic rings. The van der Waals surface area contributed by atoms with E-state index in [1.54, 1.807) is 26.0 Å². The van der Waals surface area contributed by atoms with Crippen LogP contribution in [0.4, 0.5) is 25.0 Å². The number of carbonyl (C=O) groups is 2. The van der Waals surface area contributed by atoms with Gasteiger partial charge in [-0.25, -0.2) is 13.6 Å². The van der Waals surface area contributed by atoms with Gasteiger partial charge in [0, 0.05) is 12.6 Å². The summed E-state index contributed by atoms with van der Waals surface area (Å²) in [5.41, 5.74) is 1.38. The smallest absolute Gasteiger partial charge is 0.319 e. The molecule has 2 aromatic rings. The first kappa shape index (κ1) is 18.4. The van der Waals surface area contributed by atoms with Gasteiger partial charge in [0.25, 0.3) is 0 Å². The van der Waals surface area contributed by atoms with Gasteiger partial charge < -0.3 is 16.0 Å². The quantitative estimate of drug-likeness (QED) is 0.779. The highest BCUT2D eigenvalue weighted by molar-refractivity contribution is 5.92. The van der Waals surface area contributed by atoms with Gasteiger partial charge in [0.15, 0.2) is 0 Å². The Balaban J connectivity index is 2.06. The first-order valence-electron chi connectivity index (χ1n) is 7.67. The van der Waals surface area contributed by atoms with E-state index in [1.807, 2.05) is 0 Å². The van der Waals surface area contributed by atoms with Gasteiger partial charge in [-0.05, 0) is 49.2 Å². The van der Waals surface area contributed by atoms with E-state index in [2.05, 4.69) is 16.0 Å². The van der Waals surface area contributed by atoms with E-state index in [0.717, 1.165) is 6.07 Å². The normalized spacial score (nSPS) is 11.6. The lowest BCUT2D eigenvalue weighted by Crippen LogP contribution is -2.31. The Labute approximate surface area is 144 Å². The van der Waals surface area contributed by atoms with E-state index in [9.17, 15) is 18.4 Å². The maximum atomic E-state index is 13.8. The number of urea groups is 1. The maximum absolute atomic E-state index is 13.8. The third-order valence-electron chi connectivity index (χ3n) is 3.58. The Hall–Kier alpha value is -2.96. The summed E-state index contributed by atoms with van der Waals surface area (Å²) >= 11 is 0. The van der Waals surface area contributed by atoms with Gasteiger partial charge >= 0.3 is 6.03 Å². The van der Waals surface area contributed by atoms with Crippen LogP contribution in [0, 0.1) is 18.6 Å². The molecule has 3 amide bonds. The molecule has 2 aromatic carbocycles. The molecular weight excluding hydrogens is 328 g/mol. The predicted molar refractivity (Wildman–Crippen MR) is 92.4 cm³/mol. The summed E-state index contributed by atoms with van der Waals surface area (Å²) in [6, 6.07) is 7.39. The Kier molecular flexibility index (Phi) is 5.69. The molecular formula is C18H19F2N3O2. The van der Waals surface area contributed by atoms with E-state index in [1.165, 1.54) is 25.1 Å². The van der Waals surface area contributed by atoms with Crippen molar-refractivity contribution in [2.75, 3.05) is 10.6 Å². The molecule has 0 spiro atoms. The van der Waals surface area contributed by atoms with Crippen LogP contribution >= 0.6 is 0 Å². The Morgan fingerprint density at radius 1 is 1.00 bits per heavy atom. The molecule has 25 heavy (non-hydrogen) atoms. The number of halogens is 2. The molecule has 0 aromatic heterocycles. The van der Waals surface area contributed by atoms with Gasteiger partial charge in [0.1, 0.15) is 11.6 Å². The fourth-order valence-corrected chi connectivity index (χ4v) is 2.22. The van der Waals surface area contributed by atoms with Crippen molar-refractivity contribution < 1.29 is 18.4 Å². The summed E-state index contributed by atoms with van der Waals surface area (Å²) in [6.45, 7) is 4.66. The molecule has 7 heteroatoms. The van der Waals surface area contributed by atoms with Gasteiger partial charge in [-0.15, -0.1) is 0 Å². The largest absolute Gasteiger partial charge is 0.331 e. The first-order valence-corrected chi connectivity index (χ1v) is 7.67. The summed E-state index contributed by atoms with van der Waals surface area (Å²) in [5, 5.41) is 7.49. The van der Waals surface area contributed by atoms with E-state index < -0.39 is 17.9 Å². The van der Waals surface area contributed by atoms with Crippen LogP contribution < -0.4 is 16.0 Å². The number of amides is 3. The van der Waals surface area contributed by atoms with Crippen molar-refractivity contribution in [3.05, 3.63) is 59.2 Å². The van der Waals surface area contributed by atoms with Crippen LogP contribution in [0.3, 0.4) is 0 Å². The number of nitrogens with one attached hydrogen (secondary N) is 3. The van der Waals surface area contributed by atoms with Crippen LogP contribution in [0.25, 0.3) is 0 Å². The number of hydrogen-bond donors (Lipinski definition) is 3. The molecule has 0 aliphatic heterocycles. The van der Waals surface area contributed by atoms with Crippen molar-refractivity contribution in [2.24, 2.45) is 0 Å². The standard InChI is InChI=1S/C18H19F2N3O2/c1-10-4-5-13(8-16(10)20)11(2)21-18(25)23-17-9-14(22-12(3)24)6-7-15(17)19/h4-9,11H,1-3H3,(H,22,24)(H2,21,23,25)/t11-/m0/s1. The molecule has 0 unspecified atom stereocenters. The molecule has 2 rings (SSSR count). The van der Waals surface area contributed by atoms with Crippen molar-refractivity contribution >= 4 is 23.3 Å². The van der Waals surface area contributed by atoms with E-state index >= 15 is 0 Å². The van der Waals surface area contributed by atoms with Crippen LogP contribution in [-0.4, -0.2) is 11.9 Å². The van der Waals surface area contributed by atoms with Crippen LogP contribution in [0.15, 0.2) is 36.4 Å². The van der Waals surface area contributed by atoms with Crippen molar-refractivity contribution in [1.29, 1.82) is 0 Å². The molecule has 5 nitrogen and oxygen atoms in total. The van der Waals surface area contributed by atoms with E-state index in [4.69, 9.17) is 0 Å². The molecule has 3 N–H and O–H groups in total. The third-order valence-corrected chi connectivity index (χ3v) is 3.58. The SMILES string of the molecule is CC(=O)Nc1ccc(F)c(NC(=O)N[C@@H](C)c2ccc(C)c(F)c2)c1. The Bertz CT molecular complexity index is 809. The summed E-state index contributed by atoms with van der Waals surface area (Å²) in [6.07, 6.45) is 0. The fraction of sp³-hybridized carbons (Fsp3) is 0.222. The Morgan fingerprint density at radius 2 is 1.72 bits per heavy atom. The zero-order chi connectivity index (χ0) is 18.6. The highest BCUT2D eigenvalue weighted by atomic mass is 19.1. The van der Waals surface area contributed by atoms with Gasteiger partial charge in [-0.3, -0.25) is 4.79 Å². The van der Waals surface area contributed by atoms with Crippen LogP contribution in [-0.2, 0) is 4.79 Å². The number of hydrogen-bond acceptors (Lipinski definition) is 2. The lowest BCUT2D eigenvalue weighted by Gasteiger charge is -2.16. The van der Waals surface area contributed by atoms with Crippen LogP contribution in [0.5, 0.6) is 0 Å². The minimum atomic E-state index is -0.646. The summed E-state index contributed by atoms with van der Waals surface area (Å²) < 4.78 is 27.4. The monoisotopic (exact) mass is 347 g/mol. The highest BCUT2D eigenvalue weighted by Crippen LogP contribution is 2.20. The molecule has 0 heterocycles. The first-order chi connectivity index (χ1) is 11.8. The number of rotatable bonds is 4. The zero-order valence-electron chi connectivity index (χ0n) is 14.1. The zero-order valence-corrected chi connectivity index (χ0v) is 14.1. The Morgan fingerprint density at radius 3 is 2.36 bits per heavy atom. The second-order valence-corrected chi connectivity index (χ2v) is 5.70. The molecule has 0 saturated heterocycles. The lowest BCUT2D eigenvalue weighted by molar-refractivity contribution is -0.114. The minimum Gasteiger partial charge on any atom is -0.331 e. The second-order valence-electron chi connectivity index (χ2n) is 5.70. The highest BCUT2D eigenvalue weighted by Gasteiger charge is 2.13. The van der Waals surface area contributed by atoms with Crippen LogP contribution in [0.1, 0.15) is 31.0 Å². The molecule has 0 radical (unpaired) electrons. The third kappa shape index (κ3) is 5.00. The van der Waals surface area contributed by atoms with Gasteiger partial charge in [-0.2, -0.15) is 0 Å². The predicted octanol–water partition coefficient (Wildman–Crippen LogP) is 4.11. The molecule has 132 valence electrons. The van der Waals surface area contributed by atoms with Gasteiger partial charge in [0.2, 0.25) is 5.91 Å². The summed E-state index contributed by atoms with van der Waals surface area (Å²) in [4.78, 5) is 23.1. The molecule has 0 bridgehead atoms. The van der Waals surface area contributed by atoms with Crippen molar-refractivity contribution in [2.45, 2.75) is 26.8 Å². The second kappa shape index (κ2) is 7.74. The van der Waals surface area contributed by atoms with Crippen molar-refractivity contribution in [3.8, 4) is 0 Å². The van der Waals surface area contributed by atoms with E-state index in [0.29, 0.717) is 16.8 Å². The van der Waals surface area contributed by atoms with Crippen molar-refractivity contribution in [1.82, 2.24) is 5.32 Å². The van der Waals surface area contributed by atoms with Gasteiger partial charge in [-0.1, -0.05) is 12.1 Å². The minimum absolute atomic E-state index is 0.0777. The lowest BCUT2D eigenvalue weighted by atomic mass is 10.1. The molecule has 1 atom stereocenters. The van der Waals surface area contributed by atoms with Crippen LogP contribution in [0.2, 0.25) is 0 Å². The molecule has 0 saturated carbocycles. The topological polar surface area (TPSA) is 70.2 Å². The fourth-order valence-electron chi connectivity index (χ4n) is 2.22. The molecule has 0 aliphatic carbocycles. The number of benzene rings is 2.